The van der Waals surface area contributed by atoms with Crippen LogP contribution in [0.25, 0.3) is 6.08 Å². The minimum absolute atomic E-state index is 0.118. The number of carbonyl (C=O) groups excluding carboxylic acids is 1. The maximum atomic E-state index is 12.7. The number of piperidine rings is 1. The lowest BCUT2D eigenvalue weighted by Crippen LogP contribution is -2.42. The number of nitrogens with one attached hydrogen (secondary N) is 1. The average molecular weight is 493 g/mol. The monoisotopic (exact) mass is 493 g/mol. The highest BCUT2D eigenvalue weighted by atomic mass is 19.4. The Morgan fingerprint density at radius 3 is 2.64 bits per heavy atom. The lowest BCUT2D eigenvalue weighted by Gasteiger charge is -2.33. The van der Waals surface area contributed by atoms with E-state index in [0.717, 1.165) is 17.8 Å². The molecule has 0 radical (unpaired) electrons. The molecular weight excluding hydrogens is 471 g/mol. The second kappa shape index (κ2) is 10.5. The second-order valence-electron chi connectivity index (χ2n) is 8.34. The van der Waals surface area contributed by atoms with Gasteiger partial charge in [0.05, 0.1) is 18.1 Å². The van der Waals surface area contributed by atoms with Crippen molar-refractivity contribution in [3.8, 4) is 17.6 Å². The number of alkyl halides is 3. The van der Waals surface area contributed by atoms with E-state index in [0.29, 0.717) is 30.9 Å². The van der Waals surface area contributed by atoms with Gasteiger partial charge in [0.1, 0.15) is 29.0 Å². The molecular formula is C26H22F3N5O2. The number of aromatic nitrogens is 2. The van der Waals surface area contributed by atoms with E-state index in [4.69, 9.17) is 10.00 Å². The van der Waals surface area contributed by atoms with Gasteiger partial charge in [-0.1, -0.05) is 30.7 Å². The number of pyridine rings is 2. The number of benzene rings is 1. The summed E-state index contributed by atoms with van der Waals surface area (Å²) >= 11 is 0. The lowest BCUT2D eigenvalue weighted by atomic mass is 9.91. The smallest absolute Gasteiger partial charge is 0.433 e. The summed E-state index contributed by atoms with van der Waals surface area (Å²) < 4.78 is 43.8. The van der Waals surface area contributed by atoms with Gasteiger partial charge in [-0.3, -0.25) is 0 Å². The molecule has 2 amide bonds. The molecule has 1 saturated heterocycles. The van der Waals surface area contributed by atoms with E-state index in [2.05, 4.69) is 15.3 Å². The van der Waals surface area contributed by atoms with Crippen LogP contribution in [0.4, 0.5) is 23.7 Å². The zero-order chi connectivity index (χ0) is 25.7. The Bertz CT molecular complexity index is 1300. The third kappa shape index (κ3) is 6.18. The van der Waals surface area contributed by atoms with Gasteiger partial charge in [-0.15, -0.1) is 0 Å². The number of ether oxygens (including phenoxy) is 1. The fraction of sp³-hybridized carbons (Fsp3) is 0.231. The summed E-state index contributed by atoms with van der Waals surface area (Å²) in [5.74, 6) is 0.802. The predicted octanol–water partition coefficient (Wildman–Crippen LogP) is 6.12. The molecule has 3 heterocycles. The molecule has 4 rings (SSSR count). The Morgan fingerprint density at radius 1 is 1.17 bits per heavy atom. The minimum atomic E-state index is -4.50. The number of amides is 2. The molecule has 1 aliphatic rings. The van der Waals surface area contributed by atoms with Crippen molar-refractivity contribution in [1.82, 2.24) is 14.9 Å². The summed E-state index contributed by atoms with van der Waals surface area (Å²) in [6, 6.07) is 14.2. The Kier molecular flexibility index (Phi) is 7.20. The van der Waals surface area contributed by atoms with Gasteiger partial charge in [-0.2, -0.15) is 18.4 Å². The molecule has 10 heteroatoms. The van der Waals surface area contributed by atoms with E-state index >= 15 is 0 Å². The predicted molar refractivity (Wildman–Crippen MR) is 127 cm³/mol. The van der Waals surface area contributed by atoms with Crippen LogP contribution >= 0.6 is 0 Å². The van der Waals surface area contributed by atoms with Crippen molar-refractivity contribution >= 4 is 17.8 Å². The van der Waals surface area contributed by atoms with Crippen molar-refractivity contribution in [3.63, 3.8) is 0 Å². The summed E-state index contributed by atoms with van der Waals surface area (Å²) in [5, 5.41) is 11.6. The topological polar surface area (TPSA) is 91.1 Å². The van der Waals surface area contributed by atoms with Crippen molar-refractivity contribution in [2.24, 2.45) is 5.92 Å². The maximum absolute atomic E-state index is 12.7. The number of urea groups is 1. The van der Waals surface area contributed by atoms with E-state index in [1.54, 1.807) is 35.2 Å². The zero-order valence-electron chi connectivity index (χ0n) is 19.3. The van der Waals surface area contributed by atoms with Gasteiger partial charge in [0.25, 0.3) is 0 Å². The SMILES string of the molecule is CC1CN(C(=O)Nc2ccc(C#N)nc2)CCC1=Cc1cccc(Oc2ccc(C(F)(F)F)nc2)c1. The largest absolute Gasteiger partial charge is 0.456 e. The van der Waals surface area contributed by atoms with Crippen LogP contribution in [-0.4, -0.2) is 34.0 Å². The van der Waals surface area contributed by atoms with Crippen molar-refractivity contribution < 1.29 is 22.7 Å². The highest BCUT2D eigenvalue weighted by Crippen LogP contribution is 2.30. The van der Waals surface area contributed by atoms with Crippen LogP contribution in [0, 0.1) is 17.2 Å². The van der Waals surface area contributed by atoms with Gasteiger partial charge < -0.3 is 15.0 Å². The van der Waals surface area contributed by atoms with Gasteiger partial charge in [0, 0.05) is 13.1 Å². The van der Waals surface area contributed by atoms with Gasteiger partial charge in [0.15, 0.2) is 0 Å². The highest BCUT2D eigenvalue weighted by Gasteiger charge is 2.32. The first kappa shape index (κ1) is 24.7. The van der Waals surface area contributed by atoms with Gasteiger partial charge in [-0.25, -0.2) is 14.8 Å². The zero-order valence-corrected chi connectivity index (χ0v) is 19.3. The number of nitriles is 1. The van der Waals surface area contributed by atoms with Gasteiger partial charge >= 0.3 is 12.2 Å². The molecule has 184 valence electrons. The standard InChI is InChI=1S/C26H22F3N5O2/c1-17-16-34(25(35)33-21-6-5-20(13-30)31-14-21)10-9-19(17)11-18-3-2-4-22(12-18)36-23-7-8-24(32-15-23)26(27,28)29/h2-8,11-12,14-15,17H,9-10,16H2,1H3,(H,33,35). The molecule has 1 atom stereocenters. The molecule has 1 aliphatic heterocycles. The fourth-order valence-corrected chi connectivity index (χ4v) is 3.81. The molecule has 36 heavy (non-hydrogen) atoms. The third-order valence-corrected chi connectivity index (χ3v) is 5.69. The molecule has 0 saturated carbocycles. The Morgan fingerprint density at radius 2 is 2.00 bits per heavy atom. The van der Waals surface area contributed by atoms with Crippen LogP contribution in [-0.2, 0) is 6.18 Å². The molecule has 1 fully saturated rings. The van der Waals surface area contributed by atoms with Gasteiger partial charge in [0.2, 0.25) is 0 Å². The Labute approximate surface area is 205 Å². The number of carbonyl (C=O) groups is 1. The summed E-state index contributed by atoms with van der Waals surface area (Å²) in [4.78, 5) is 21.7. The summed E-state index contributed by atoms with van der Waals surface area (Å²) in [6.45, 7) is 3.12. The summed E-state index contributed by atoms with van der Waals surface area (Å²) in [5.41, 5.74) is 1.88. The molecule has 1 unspecified atom stereocenters. The number of hydrogen-bond donors (Lipinski definition) is 1. The van der Waals surface area contributed by atoms with Crippen LogP contribution in [0.2, 0.25) is 0 Å². The van der Waals surface area contributed by atoms with Crippen molar-refractivity contribution in [2.75, 3.05) is 18.4 Å². The Hall–Kier alpha value is -4.39. The lowest BCUT2D eigenvalue weighted by molar-refractivity contribution is -0.141. The van der Waals surface area contributed by atoms with Crippen LogP contribution in [0.15, 0.2) is 66.5 Å². The number of likely N-dealkylation sites (tertiary alicyclic amines) is 1. The van der Waals surface area contributed by atoms with E-state index < -0.39 is 11.9 Å². The summed E-state index contributed by atoms with van der Waals surface area (Å²) in [7, 11) is 0. The van der Waals surface area contributed by atoms with Crippen LogP contribution in [0.3, 0.4) is 0 Å². The van der Waals surface area contributed by atoms with Crippen LogP contribution in [0.5, 0.6) is 11.5 Å². The molecule has 1 N–H and O–H groups in total. The van der Waals surface area contributed by atoms with Gasteiger partial charge in [-0.05, 0) is 54.3 Å². The second-order valence-corrected chi connectivity index (χ2v) is 8.34. The normalized spacial score (nSPS) is 16.9. The van der Waals surface area contributed by atoms with E-state index in [1.807, 2.05) is 25.1 Å². The molecule has 0 bridgehead atoms. The van der Waals surface area contributed by atoms with Crippen molar-refractivity contribution in [2.45, 2.75) is 19.5 Å². The first-order valence-electron chi connectivity index (χ1n) is 11.1. The third-order valence-electron chi connectivity index (χ3n) is 5.69. The number of anilines is 1. The minimum Gasteiger partial charge on any atom is -0.456 e. The molecule has 1 aromatic carbocycles. The molecule has 2 aromatic heterocycles. The molecule has 0 spiro atoms. The van der Waals surface area contributed by atoms with Crippen LogP contribution in [0.1, 0.15) is 30.3 Å². The van der Waals surface area contributed by atoms with E-state index in [1.165, 1.54) is 17.8 Å². The number of nitrogens with zero attached hydrogens (tertiary/aromatic N) is 4. The van der Waals surface area contributed by atoms with Crippen molar-refractivity contribution in [1.29, 1.82) is 5.26 Å². The van der Waals surface area contributed by atoms with Crippen molar-refractivity contribution in [3.05, 3.63) is 83.4 Å². The number of rotatable bonds is 4. The molecule has 0 aliphatic carbocycles. The quantitative estimate of drug-likeness (QED) is 0.473. The summed E-state index contributed by atoms with van der Waals surface area (Å²) in [6.07, 6.45) is 0.727. The number of hydrogen-bond acceptors (Lipinski definition) is 5. The highest BCUT2D eigenvalue weighted by molar-refractivity contribution is 5.89. The maximum Gasteiger partial charge on any atom is 0.433 e. The van der Waals surface area contributed by atoms with E-state index in [-0.39, 0.29) is 23.4 Å². The van der Waals surface area contributed by atoms with Crippen LogP contribution < -0.4 is 10.1 Å². The first-order chi connectivity index (χ1) is 17.2. The molecule has 3 aromatic rings. The average Bonchev–Trinajstić information content (AvgIpc) is 2.86. The van der Waals surface area contributed by atoms with E-state index in [9.17, 15) is 18.0 Å². The Balaban J connectivity index is 1.37. The fourth-order valence-electron chi connectivity index (χ4n) is 3.81. The molecule has 7 nitrogen and oxygen atoms in total. The number of halogens is 3. The first-order valence-corrected chi connectivity index (χ1v) is 11.1.